The van der Waals surface area contributed by atoms with Crippen molar-refractivity contribution < 1.29 is 33.3 Å². The van der Waals surface area contributed by atoms with Gasteiger partial charge in [-0.15, -0.1) is 0 Å². The number of aryl methyl sites for hydroxylation is 2. The maximum atomic E-state index is 5.13. The minimum Gasteiger partial charge on any atom is -1.00 e. The second kappa shape index (κ2) is 7.27. The Morgan fingerprint density at radius 3 is 2.24 bits per heavy atom. The number of methoxy groups -OCH3 is 1. The maximum absolute atomic E-state index is 5.13. The highest BCUT2D eigenvalue weighted by molar-refractivity contribution is 5.26. The summed E-state index contributed by atoms with van der Waals surface area (Å²) < 4.78 is 7.31. The molecule has 2 nitrogen and oxygen atoms in total. The first-order valence-corrected chi connectivity index (χ1v) is 5.45. The van der Waals surface area contributed by atoms with Crippen LogP contribution in [-0.2, 0) is 13.0 Å². The standard InChI is InChI=1S/C14H16NO.HI/c1-16-14-7-5-13(6-8-14)9-12-15-10-3-2-4-11-15;/h2-8,10-11H,9,12H2,1H3;1H/q+1;/p-1. The number of benzene rings is 1. The first kappa shape index (κ1) is 14.0. The van der Waals surface area contributed by atoms with E-state index in [1.54, 1.807) is 7.11 Å². The Morgan fingerprint density at radius 2 is 1.65 bits per heavy atom. The van der Waals surface area contributed by atoms with Gasteiger partial charge in [-0.25, -0.2) is 4.57 Å². The Bertz CT molecular complexity index is 428. The summed E-state index contributed by atoms with van der Waals surface area (Å²) in [7, 11) is 1.69. The fourth-order valence-corrected chi connectivity index (χ4v) is 1.63. The van der Waals surface area contributed by atoms with Crippen molar-refractivity contribution in [2.45, 2.75) is 13.0 Å². The van der Waals surface area contributed by atoms with Crippen LogP contribution < -0.4 is 33.3 Å². The van der Waals surface area contributed by atoms with Crippen molar-refractivity contribution in [3.8, 4) is 5.75 Å². The molecule has 1 heterocycles. The van der Waals surface area contributed by atoms with Gasteiger partial charge in [-0.1, -0.05) is 18.2 Å². The van der Waals surface area contributed by atoms with Gasteiger partial charge < -0.3 is 28.7 Å². The Labute approximate surface area is 119 Å². The number of rotatable bonds is 4. The number of halogens is 1. The highest BCUT2D eigenvalue weighted by Crippen LogP contribution is 2.11. The largest absolute Gasteiger partial charge is 1.00 e. The molecule has 0 aliphatic heterocycles. The molecule has 0 aliphatic rings. The topological polar surface area (TPSA) is 13.1 Å². The monoisotopic (exact) mass is 341 g/mol. The van der Waals surface area contributed by atoms with Crippen LogP contribution in [-0.4, -0.2) is 7.11 Å². The number of aromatic nitrogens is 1. The average molecular weight is 341 g/mol. The first-order valence-electron chi connectivity index (χ1n) is 5.45. The lowest BCUT2D eigenvalue weighted by Gasteiger charge is -2.01. The molecule has 1 aromatic heterocycles. The van der Waals surface area contributed by atoms with Crippen molar-refractivity contribution in [2.75, 3.05) is 7.11 Å². The number of pyridine rings is 1. The number of hydrogen-bond acceptors (Lipinski definition) is 1. The third-order valence-corrected chi connectivity index (χ3v) is 2.60. The minimum atomic E-state index is 0. The van der Waals surface area contributed by atoms with Crippen molar-refractivity contribution in [1.82, 2.24) is 0 Å². The molecular formula is C14H16INO. The number of nitrogens with zero attached hydrogens (tertiary/aromatic N) is 1. The van der Waals surface area contributed by atoms with Crippen LogP contribution in [0.25, 0.3) is 0 Å². The van der Waals surface area contributed by atoms with Gasteiger partial charge in [-0.3, -0.25) is 0 Å². The van der Waals surface area contributed by atoms with E-state index in [0.717, 1.165) is 18.7 Å². The lowest BCUT2D eigenvalue weighted by Crippen LogP contribution is -3.00. The smallest absolute Gasteiger partial charge is 0.168 e. The van der Waals surface area contributed by atoms with Gasteiger partial charge in [-0.05, 0) is 17.7 Å². The SMILES string of the molecule is COc1ccc(CC[n+]2ccccc2)cc1.[I-]. The van der Waals surface area contributed by atoms with E-state index in [2.05, 4.69) is 29.1 Å². The van der Waals surface area contributed by atoms with Crippen molar-refractivity contribution in [3.05, 3.63) is 60.4 Å². The Hall–Kier alpha value is -1.10. The first-order chi connectivity index (χ1) is 7.88. The number of hydrogen-bond donors (Lipinski definition) is 0. The summed E-state index contributed by atoms with van der Waals surface area (Å²) in [6.45, 7) is 1.01. The average Bonchev–Trinajstić information content (AvgIpc) is 2.38. The zero-order valence-corrected chi connectivity index (χ0v) is 12.0. The lowest BCUT2D eigenvalue weighted by atomic mass is 10.1. The fraction of sp³-hybridized carbons (Fsp3) is 0.214. The predicted molar refractivity (Wildman–Crippen MR) is 63.3 cm³/mol. The summed E-state index contributed by atoms with van der Waals surface area (Å²) >= 11 is 0. The van der Waals surface area contributed by atoms with Gasteiger partial charge in [0.2, 0.25) is 0 Å². The van der Waals surface area contributed by atoms with E-state index in [1.807, 2.05) is 30.3 Å². The van der Waals surface area contributed by atoms with Gasteiger partial charge in [0.1, 0.15) is 5.75 Å². The predicted octanol–water partition coefficient (Wildman–Crippen LogP) is -0.771. The molecule has 0 fully saturated rings. The van der Waals surface area contributed by atoms with Gasteiger partial charge in [-0.2, -0.15) is 0 Å². The van der Waals surface area contributed by atoms with E-state index in [0.29, 0.717) is 0 Å². The van der Waals surface area contributed by atoms with Crippen LogP contribution in [0.2, 0.25) is 0 Å². The number of ether oxygens (including phenoxy) is 1. The molecule has 0 spiro atoms. The molecular weight excluding hydrogens is 325 g/mol. The van der Waals surface area contributed by atoms with Crippen LogP contribution in [0.5, 0.6) is 5.75 Å². The van der Waals surface area contributed by atoms with Crippen molar-refractivity contribution in [1.29, 1.82) is 0 Å². The Kier molecular flexibility index (Phi) is 5.97. The molecule has 3 heteroatoms. The molecule has 0 unspecified atom stereocenters. The molecule has 2 aromatic rings. The molecule has 0 aliphatic carbocycles. The van der Waals surface area contributed by atoms with Gasteiger partial charge in [0.15, 0.2) is 18.9 Å². The molecule has 0 amide bonds. The molecule has 0 saturated carbocycles. The summed E-state index contributed by atoms with van der Waals surface area (Å²) in [4.78, 5) is 0. The summed E-state index contributed by atoms with van der Waals surface area (Å²) in [5.41, 5.74) is 1.33. The van der Waals surface area contributed by atoms with E-state index in [9.17, 15) is 0 Å². The summed E-state index contributed by atoms with van der Waals surface area (Å²) in [5, 5.41) is 0. The van der Waals surface area contributed by atoms with Gasteiger partial charge >= 0.3 is 0 Å². The Morgan fingerprint density at radius 1 is 1.00 bits per heavy atom. The molecule has 0 saturated heterocycles. The van der Waals surface area contributed by atoms with Crippen LogP contribution in [0.4, 0.5) is 0 Å². The molecule has 0 radical (unpaired) electrons. The highest BCUT2D eigenvalue weighted by Gasteiger charge is 2.00. The van der Waals surface area contributed by atoms with Crippen LogP contribution in [0, 0.1) is 0 Å². The van der Waals surface area contributed by atoms with Crippen LogP contribution in [0.1, 0.15) is 5.56 Å². The molecule has 90 valence electrons. The summed E-state index contributed by atoms with van der Waals surface area (Å²) in [5.74, 6) is 0.913. The second-order valence-electron chi connectivity index (χ2n) is 3.71. The Balaban J connectivity index is 0.00000144. The van der Waals surface area contributed by atoms with E-state index in [1.165, 1.54) is 5.56 Å². The third-order valence-electron chi connectivity index (χ3n) is 2.60. The fourth-order valence-electron chi connectivity index (χ4n) is 1.63. The van der Waals surface area contributed by atoms with Crippen LogP contribution >= 0.6 is 0 Å². The molecule has 0 bridgehead atoms. The zero-order valence-electron chi connectivity index (χ0n) is 9.84. The second-order valence-corrected chi connectivity index (χ2v) is 3.71. The minimum absolute atomic E-state index is 0. The normalized spacial score (nSPS) is 9.47. The van der Waals surface area contributed by atoms with Gasteiger partial charge in [0.25, 0.3) is 0 Å². The van der Waals surface area contributed by atoms with E-state index in [4.69, 9.17) is 4.74 Å². The lowest BCUT2D eigenvalue weighted by molar-refractivity contribution is -0.696. The van der Waals surface area contributed by atoms with Crippen LogP contribution in [0.15, 0.2) is 54.9 Å². The molecule has 1 aromatic carbocycles. The summed E-state index contributed by atoms with van der Waals surface area (Å²) in [6.07, 6.45) is 5.21. The van der Waals surface area contributed by atoms with Gasteiger partial charge in [0, 0.05) is 18.6 Å². The van der Waals surface area contributed by atoms with E-state index < -0.39 is 0 Å². The van der Waals surface area contributed by atoms with Crippen LogP contribution in [0.3, 0.4) is 0 Å². The van der Waals surface area contributed by atoms with Crippen molar-refractivity contribution in [3.63, 3.8) is 0 Å². The molecule has 0 N–H and O–H groups in total. The summed E-state index contributed by atoms with van der Waals surface area (Å²) in [6, 6.07) is 14.4. The van der Waals surface area contributed by atoms with Gasteiger partial charge in [0.05, 0.1) is 7.11 Å². The van der Waals surface area contributed by atoms with Crippen molar-refractivity contribution in [2.24, 2.45) is 0 Å². The van der Waals surface area contributed by atoms with E-state index in [-0.39, 0.29) is 24.0 Å². The molecule has 0 atom stereocenters. The highest BCUT2D eigenvalue weighted by atomic mass is 127. The maximum Gasteiger partial charge on any atom is 0.168 e. The third kappa shape index (κ3) is 4.34. The molecule has 17 heavy (non-hydrogen) atoms. The molecule has 2 rings (SSSR count). The zero-order chi connectivity index (χ0) is 11.2. The van der Waals surface area contributed by atoms with Crippen molar-refractivity contribution >= 4 is 0 Å². The van der Waals surface area contributed by atoms with E-state index >= 15 is 0 Å². The quantitative estimate of drug-likeness (QED) is 0.526.